The van der Waals surface area contributed by atoms with Gasteiger partial charge in [-0.05, 0) is 89.9 Å². The predicted molar refractivity (Wildman–Crippen MR) is 298 cm³/mol. The number of ether oxygens (including phenoxy) is 3. The first-order chi connectivity index (χ1) is 34.0. The van der Waals surface area contributed by atoms with Gasteiger partial charge >= 0.3 is 17.9 Å². The molecule has 0 saturated carbocycles. The number of rotatable bonds is 53. The van der Waals surface area contributed by atoms with Crippen molar-refractivity contribution in [2.24, 2.45) is 0 Å². The highest BCUT2D eigenvalue weighted by Gasteiger charge is 2.19. The Bertz CT molecular complexity index is 1290. The lowest BCUT2D eigenvalue weighted by Gasteiger charge is -2.18. The van der Waals surface area contributed by atoms with Gasteiger partial charge < -0.3 is 14.2 Å². The standard InChI is InChI=1S/C63H110O6/c1-4-7-10-13-16-19-22-25-28-30-31-33-35-38-41-44-47-50-53-56-62(65)68-59-60(58-67-61(64)55-52-49-46-43-40-37-34-27-24-21-18-15-12-9-6-3)69-63(66)57-54-51-48-45-42-39-36-32-29-26-23-20-17-14-11-8-5-2/h7,10,16,19,25,27-28,31,33-34,38,41,60H,4-6,8-9,11-15,17-18,20-24,26,29-30,32,35-37,39-40,42-59H2,1-3H3/b10-7-,19-16-,28-25-,33-31-,34-27-,41-38-/t60-/m1/s1. The SMILES string of the molecule is CC/C=C\C/C=C\C/C=C\C/C=C\C/C=C\CCCCCC(=O)OC[C@@H](COC(=O)CCCCCCC/C=C\CCCCCCCC)OC(=O)CCCCCCCCCCCCCCCCCCC. The van der Waals surface area contributed by atoms with Crippen molar-refractivity contribution in [3.8, 4) is 0 Å². The summed E-state index contributed by atoms with van der Waals surface area (Å²) in [6, 6.07) is 0. The molecule has 0 amide bonds. The van der Waals surface area contributed by atoms with Crippen molar-refractivity contribution in [3.63, 3.8) is 0 Å². The molecule has 0 rings (SSSR count). The van der Waals surface area contributed by atoms with E-state index in [2.05, 4.69) is 93.7 Å². The third-order valence-corrected chi connectivity index (χ3v) is 12.7. The van der Waals surface area contributed by atoms with Crippen molar-refractivity contribution in [2.45, 2.75) is 297 Å². The highest BCUT2D eigenvalue weighted by molar-refractivity contribution is 5.71. The molecule has 0 aliphatic carbocycles. The quantitative estimate of drug-likeness (QED) is 0.0262. The summed E-state index contributed by atoms with van der Waals surface area (Å²) >= 11 is 0. The van der Waals surface area contributed by atoms with E-state index >= 15 is 0 Å². The lowest BCUT2D eigenvalue weighted by Crippen LogP contribution is -2.30. The summed E-state index contributed by atoms with van der Waals surface area (Å²) in [5.41, 5.74) is 0. The first-order valence-corrected chi connectivity index (χ1v) is 29.4. The van der Waals surface area contributed by atoms with Crippen molar-refractivity contribution in [3.05, 3.63) is 72.9 Å². The molecule has 0 aromatic rings. The minimum Gasteiger partial charge on any atom is -0.462 e. The predicted octanol–water partition coefficient (Wildman–Crippen LogP) is 19.8. The molecule has 0 aliphatic heterocycles. The van der Waals surface area contributed by atoms with Gasteiger partial charge in [0, 0.05) is 19.3 Å². The molecule has 0 N–H and O–H groups in total. The average molecular weight is 964 g/mol. The van der Waals surface area contributed by atoms with Crippen LogP contribution < -0.4 is 0 Å². The third kappa shape index (κ3) is 55.6. The molecule has 0 fully saturated rings. The van der Waals surface area contributed by atoms with Gasteiger partial charge in [-0.15, -0.1) is 0 Å². The summed E-state index contributed by atoms with van der Waals surface area (Å²) in [5.74, 6) is -0.917. The average Bonchev–Trinajstić information content (AvgIpc) is 3.35. The van der Waals surface area contributed by atoms with E-state index in [1.807, 2.05) is 0 Å². The zero-order valence-corrected chi connectivity index (χ0v) is 45.6. The second-order valence-corrected chi connectivity index (χ2v) is 19.5. The summed E-state index contributed by atoms with van der Waals surface area (Å²) in [6.07, 6.45) is 73.2. The van der Waals surface area contributed by atoms with Crippen molar-refractivity contribution in [1.82, 2.24) is 0 Å². The van der Waals surface area contributed by atoms with Gasteiger partial charge in [0.05, 0.1) is 0 Å². The Hall–Kier alpha value is -3.15. The van der Waals surface area contributed by atoms with E-state index in [4.69, 9.17) is 14.2 Å². The molecule has 1 atom stereocenters. The van der Waals surface area contributed by atoms with Crippen molar-refractivity contribution < 1.29 is 28.6 Å². The zero-order valence-electron chi connectivity index (χ0n) is 45.6. The normalized spacial score (nSPS) is 12.6. The number of unbranched alkanes of at least 4 members (excludes halogenated alkanes) is 30. The fraction of sp³-hybridized carbons (Fsp3) is 0.762. The van der Waals surface area contributed by atoms with E-state index in [9.17, 15) is 14.4 Å². The van der Waals surface area contributed by atoms with Crippen LogP contribution in [-0.2, 0) is 28.6 Å². The van der Waals surface area contributed by atoms with Crippen LogP contribution in [0.4, 0.5) is 0 Å². The molecule has 0 aromatic heterocycles. The second-order valence-electron chi connectivity index (χ2n) is 19.5. The van der Waals surface area contributed by atoms with Crippen LogP contribution in [-0.4, -0.2) is 37.2 Å². The number of hydrogen-bond donors (Lipinski definition) is 0. The van der Waals surface area contributed by atoms with E-state index < -0.39 is 6.10 Å². The number of esters is 3. The van der Waals surface area contributed by atoms with Crippen LogP contribution in [0, 0.1) is 0 Å². The summed E-state index contributed by atoms with van der Waals surface area (Å²) < 4.78 is 16.9. The molecule has 6 heteroatoms. The van der Waals surface area contributed by atoms with Crippen molar-refractivity contribution in [1.29, 1.82) is 0 Å². The molecule has 0 heterocycles. The number of hydrogen-bond acceptors (Lipinski definition) is 6. The van der Waals surface area contributed by atoms with Gasteiger partial charge in [0.15, 0.2) is 6.10 Å². The van der Waals surface area contributed by atoms with Gasteiger partial charge in [0.2, 0.25) is 0 Å². The maximum Gasteiger partial charge on any atom is 0.306 e. The van der Waals surface area contributed by atoms with E-state index in [1.165, 1.54) is 148 Å². The molecule has 0 saturated heterocycles. The van der Waals surface area contributed by atoms with Crippen LogP contribution in [0.3, 0.4) is 0 Å². The maximum atomic E-state index is 12.9. The number of carbonyl (C=O) groups excluding carboxylic acids is 3. The third-order valence-electron chi connectivity index (χ3n) is 12.7. The van der Waals surface area contributed by atoms with Gasteiger partial charge in [-0.1, -0.05) is 254 Å². The Labute approximate surface area is 427 Å². The summed E-state index contributed by atoms with van der Waals surface area (Å²) in [5, 5.41) is 0. The van der Waals surface area contributed by atoms with Crippen LogP contribution >= 0.6 is 0 Å². The van der Waals surface area contributed by atoms with E-state index in [1.54, 1.807) is 0 Å². The van der Waals surface area contributed by atoms with E-state index in [0.717, 1.165) is 103 Å². The lowest BCUT2D eigenvalue weighted by atomic mass is 10.0. The van der Waals surface area contributed by atoms with Gasteiger partial charge in [-0.2, -0.15) is 0 Å². The van der Waals surface area contributed by atoms with Crippen molar-refractivity contribution >= 4 is 17.9 Å². The minimum atomic E-state index is -0.791. The summed E-state index contributed by atoms with van der Waals surface area (Å²) in [7, 11) is 0. The van der Waals surface area contributed by atoms with E-state index in [0.29, 0.717) is 19.3 Å². The fourth-order valence-electron chi connectivity index (χ4n) is 8.29. The largest absolute Gasteiger partial charge is 0.462 e. The number of carbonyl (C=O) groups is 3. The van der Waals surface area contributed by atoms with Crippen molar-refractivity contribution in [2.75, 3.05) is 13.2 Å². The highest BCUT2D eigenvalue weighted by atomic mass is 16.6. The lowest BCUT2D eigenvalue weighted by molar-refractivity contribution is -0.167. The van der Waals surface area contributed by atoms with Gasteiger partial charge in [0.1, 0.15) is 13.2 Å². The molecular weight excluding hydrogens is 853 g/mol. The van der Waals surface area contributed by atoms with Crippen LogP contribution in [0.2, 0.25) is 0 Å². The second kappa shape index (κ2) is 57.4. The molecule has 0 bridgehead atoms. The van der Waals surface area contributed by atoms with Gasteiger partial charge in [-0.25, -0.2) is 0 Å². The highest BCUT2D eigenvalue weighted by Crippen LogP contribution is 2.16. The Morgan fingerprint density at radius 1 is 0.304 bits per heavy atom. The van der Waals surface area contributed by atoms with Crippen LogP contribution in [0.5, 0.6) is 0 Å². The van der Waals surface area contributed by atoms with Gasteiger partial charge in [0.25, 0.3) is 0 Å². The molecule has 69 heavy (non-hydrogen) atoms. The topological polar surface area (TPSA) is 78.9 Å². The fourth-order valence-corrected chi connectivity index (χ4v) is 8.29. The summed E-state index contributed by atoms with van der Waals surface area (Å²) in [6.45, 7) is 6.52. The smallest absolute Gasteiger partial charge is 0.306 e. The molecule has 0 radical (unpaired) electrons. The Morgan fingerprint density at radius 3 is 0.913 bits per heavy atom. The number of allylic oxidation sites excluding steroid dienone is 12. The Morgan fingerprint density at radius 2 is 0.565 bits per heavy atom. The molecule has 0 aromatic carbocycles. The summed E-state index contributed by atoms with van der Waals surface area (Å²) in [4.78, 5) is 38.2. The van der Waals surface area contributed by atoms with Crippen LogP contribution in [0.25, 0.3) is 0 Å². The molecule has 0 unspecified atom stereocenters. The Balaban J connectivity index is 4.43. The van der Waals surface area contributed by atoms with Crippen LogP contribution in [0.15, 0.2) is 72.9 Å². The Kier molecular flexibility index (Phi) is 54.8. The monoisotopic (exact) mass is 963 g/mol. The molecule has 6 nitrogen and oxygen atoms in total. The molecular formula is C63H110O6. The van der Waals surface area contributed by atoms with E-state index in [-0.39, 0.29) is 31.1 Å². The maximum absolute atomic E-state index is 12.9. The zero-order chi connectivity index (χ0) is 50.0. The first kappa shape index (κ1) is 65.8. The minimum absolute atomic E-state index is 0.0881. The first-order valence-electron chi connectivity index (χ1n) is 29.4. The van der Waals surface area contributed by atoms with Crippen LogP contribution in [0.1, 0.15) is 290 Å². The molecule has 0 aliphatic rings. The van der Waals surface area contributed by atoms with Gasteiger partial charge in [-0.3, -0.25) is 14.4 Å². The molecule has 398 valence electrons. The molecule has 0 spiro atoms.